The highest BCUT2D eigenvalue weighted by molar-refractivity contribution is 5.92. The molecule has 3 rings (SSSR count). The number of amides is 1. The number of aromatic nitrogens is 3. The van der Waals surface area contributed by atoms with Gasteiger partial charge >= 0.3 is 0 Å². The van der Waals surface area contributed by atoms with Crippen LogP contribution in [0.2, 0.25) is 0 Å². The van der Waals surface area contributed by atoms with Crippen LogP contribution in [0.4, 0.5) is 5.95 Å². The molecule has 1 aliphatic rings. The molecular weight excluding hydrogens is 294 g/mol. The second-order valence-electron chi connectivity index (χ2n) is 5.84. The SMILES string of the molecule is CN(C)c1nc([C@H]2CCN(C(=O)c3ccccn3)C2)cc(=O)[nH]1. The molecule has 7 nitrogen and oxygen atoms in total. The second-order valence-corrected chi connectivity index (χ2v) is 5.84. The number of carbonyl (C=O) groups is 1. The van der Waals surface area contributed by atoms with E-state index in [1.54, 1.807) is 34.2 Å². The van der Waals surface area contributed by atoms with Crippen molar-refractivity contribution in [3.8, 4) is 0 Å². The average Bonchev–Trinajstić information content (AvgIpc) is 3.04. The summed E-state index contributed by atoms with van der Waals surface area (Å²) >= 11 is 0. The fourth-order valence-corrected chi connectivity index (χ4v) is 2.72. The van der Waals surface area contributed by atoms with Gasteiger partial charge in [-0.3, -0.25) is 19.6 Å². The molecule has 1 amide bonds. The predicted molar refractivity (Wildman–Crippen MR) is 86.7 cm³/mol. The van der Waals surface area contributed by atoms with Crippen molar-refractivity contribution in [2.24, 2.45) is 0 Å². The Hall–Kier alpha value is -2.70. The number of likely N-dealkylation sites (tertiary alicyclic amines) is 1. The molecule has 0 radical (unpaired) electrons. The van der Waals surface area contributed by atoms with Gasteiger partial charge in [0.05, 0.1) is 5.69 Å². The first kappa shape index (κ1) is 15.2. The third-order valence-electron chi connectivity index (χ3n) is 3.95. The van der Waals surface area contributed by atoms with E-state index in [4.69, 9.17) is 0 Å². The van der Waals surface area contributed by atoms with Crippen molar-refractivity contribution in [1.29, 1.82) is 0 Å². The van der Waals surface area contributed by atoms with Crippen molar-refractivity contribution in [2.75, 3.05) is 32.1 Å². The van der Waals surface area contributed by atoms with Crippen molar-refractivity contribution < 1.29 is 4.79 Å². The van der Waals surface area contributed by atoms with Crippen molar-refractivity contribution >= 4 is 11.9 Å². The number of hydrogen-bond acceptors (Lipinski definition) is 5. The van der Waals surface area contributed by atoms with Gasteiger partial charge < -0.3 is 9.80 Å². The number of nitrogens with zero attached hydrogens (tertiary/aromatic N) is 4. The Bertz CT molecular complexity index is 757. The molecule has 2 aromatic heterocycles. The van der Waals surface area contributed by atoms with Gasteiger partial charge in [-0.2, -0.15) is 0 Å². The fraction of sp³-hybridized carbons (Fsp3) is 0.375. The van der Waals surface area contributed by atoms with Crippen molar-refractivity contribution in [2.45, 2.75) is 12.3 Å². The van der Waals surface area contributed by atoms with Crippen molar-refractivity contribution in [3.05, 3.63) is 52.2 Å². The molecule has 0 unspecified atom stereocenters. The van der Waals surface area contributed by atoms with Crippen LogP contribution in [0, 0.1) is 0 Å². The number of aromatic amines is 1. The van der Waals surface area contributed by atoms with Gasteiger partial charge in [0, 0.05) is 45.4 Å². The molecule has 1 N–H and O–H groups in total. The Morgan fingerprint density at radius 2 is 2.22 bits per heavy atom. The van der Waals surface area contributed by atoms with E-state index in [-0.39, 0.29) is 17.4 Å². The molecule has 0 bridgehead atoms. The number of anilines is 1. The molecule has 1 aliphatic heterocycles. The molecule has 0 aliphatic carbocycles. The van der Waals surface area contributed by atoms with E-state index in [0.717, 1.165) is 12.1 Å². The molecule has 1 saturated heterocycles. The highest BCUT2D eigenvalue weighted by atomic mass is 16.2. The van der Waals surface area contributed by atoms with Crippen LogP contribution < -0.4 is 10.5 Å². The van der Waals surface area contributed by atoms with Crippen LogP contribution in [0.15, 0.2) is 35.3 Å². The van der Waals surface area contributed by atoms with Crippen LogP contribution in [0.1, 0.15) is 28.5 Å². The minimum absolute atomic E-state index is 0.0728. The maximum Gasteiger partial charge on any atom is 0.272 e. The summed E-state index contributed by atoms with van der Waals surface area (Å²) in [6.45, 7) is 1.20. The highest BCUT2D eigenvalue weighted by Crippen LogP contribution is 2.26. The molecule has 23 heavy (non-hydrogen) atoms. The van der Waals surface area contributed by atoms with E-state index < -0.39 is 0 Å². The molecule has 0 spiro atoms. The van der Waals surface area contributed by atoms with Crippen LogP contribution in [-0.4, -0.2) is 52.9 Å². The highest BCUT2D eigenvalue weighted by Gasteiger charge is 2.29. The fourth-order valence-electron chi connectivity index (χ4n) is 2.72. The molecule has 0 aromatic carbocycles. The molecule has 0 saturated carbocycles. The second kappa shape index (κ2) is 6.20. The third kappa shape index (κ3) is 3.23. The Morgan fingerprint density at radius 3 is 2.91 bits per heavy atom. The van der Waals surface area contributed by atoms with E-state index in [0.29, 0.717) is 24.7 Å². The van der Waals surface area contributed by atoms with E-state index >= 15 is 0 Å². The molecule has 1 fully saturated rings. The summed E-state index contributed by atoms with van der Waals surface area (Å²) in [6.07, 6.45) is 2.41. The van der Waals surface area contributed by atoms with Gasteiger partial charge in [0.25, 0.3) is 11.5 Å². The monoisotopic (exact) mass is 313 g/mol. The van der Waals surface area contributed by atoms with E-state index in [1.807, 2.05) is 14.1 Å². The minimum atomic E-state index is -0.173. The standard InChI is InChI=1S/C16H19N5O2/c1-20(2)16-18-13(9-14(22)19-16)11-6-8-21(10-11)15(23)12-5-3-4-7-17-12/h3-5,7,9,11H,6,8,10H2,1-2H3,(H,18,19,22)/t11-/m0/s1. The van der Waals surface area contributed by atoms with Crippen molar-refractivity contribution in [1.82, 2.24) is 19.9 Å². The smallest absolute Gasteiger partial charge is 0.272 e. The lowest BCUT2D eigenvalue weighted by Crippen LogP contribution is -2.29. The Balaban J connectivity index is 1.78. The van der Waals surface area contributed by atoms with Crippen molar-refractivity contribution in [3.63, 3.8) is 0 Å². The van der Waals surface area contributed by atoms with Crippen LogP contribution in [-0.2, 0) is 0 Å². The summed E-state index contributed by atoms with van der Waals surface area (Å²) in [5.74, 6) is 0.524. The number of H-pyrrole nitrogens is 1. The molecule has 120 valence electrons. The number of pyridine rings is 1. The molecule has 1 atom stereocenters. The van der Waals surface area contributed by atoms with Gasteiger partial charge in [-0.1, -0.05) is 6.07 Å². The van der Waals surface area contributed by atoms with E-state index in [1.165, 1.54) is 6.07 Å². The number of hydrogen-bond donors (Lipinski definition) is 1. The normalized spacial score (nSPS) is 17.3. The maximum atomic E-state index is 12.4. The third-order valence-corrected chi connectivity index (χ3v) is 3.95. The van der Waals surface area contributed by atoms with E-state index in [2.05, 4.69) is 15.0 Å². The first-order valence-corrected chi connectivity index (χ1v) is 7.53. The van der Waals surface area contributed by atoms with Gasteiger partial charge in [-0.15, -0.1) is 0 Å². The summed E-state index contributed by atoms with van der Waals surface area (Å²) in [7, 11) is 3.65. The minimum Gasteiger partial charge on any atom is -0.348 e. The first-order chi connectivity index (χ1) is 11.0. The molecule has 7 heteroatoms. The molecular formula is C16H19N5O2. The predicted octanol–water partition coefficient (Wildman–Crippen LogP) is 0.861. The van der Waals surface area contributed by atoms with Gasteiger partial charge in [0.2, 0.25) is 5.95 Å². The van der Waals surface area contributed by atoms with Crippen LogP contribution in [0.25, 0.3) is 0 Å². The van der Waals surface area contributed by atoms with Crippen LogP contribution in [0.5, 0.6) is 0 Å². The number of rotatable bonds is 3. The van der Waals surface area contributed by atoms with Gasteiger partial charge in [-0.05, 0) is 18.6 Å². The molecule has 3 heterocycles. The summed E-state index contributed by atoms with van der Waals surface area (Å²) in [4.78, 5) is 39.1. The Labute approximate surface area is 134 Å². The summed E-state index contributed by atoms with van der Waals surface area (Å²) < 4.78 is 0. The van der Waals surface area contributed by atoms with Gasteiger partial charge in [0.1, 0.15) is 5.69 Å². The Kier molecular flexibility index (Phi) is 4.10. The molecule has 2 aromatic rings. The largest absolute Gasteiger partial charge is 0.348 e. The zero-order valence-corrected chi connectivity index (χ0v) is 13.2. The number of carbonyl (C=O) groups excluding carboxylic acids is 1. The van der Waals surface area contributed by atoms with Gasteiger partial charge in [-0.25, -0.2) is 4.98 Å². The summed E-state index contributed by atoms with van der Waals surface area (Å²) in [5, 5.41) is 0. The topological polar surface area (TPSA) is 82.2 Å². The van der Waals surface area contributed by atoms with Crippen LogP contribution >= 0.6 is 0 Å². The number of nitrogens with one attached hydrogen (secondary N) is 1. The lowest BCUT2D eigenvalue weighted by molar-refractivity contribution is 0.0785. The Morgan fingerprint density at radius 1 is 1.39 bits per heavy atom. The quantitative estimate of drug-likeness (QED) is 0.909. The first-order valence-electron chi connectivity index (χ1n) is 7.53. The average molecular weight is 313 g/mol. The zero-order chi connectivity index (χ0) is 16.4. The lowest BCUT2D eigenvalue weighted by atomic mass is 10.1. The van der Waals surface area contributed by atoms with E-state index in [9.17, 15) is 9.59 Å². The lowest BCUT2D eigenvalue weighted by Gasteiger charge is -2.17. The summed E-state index contributed by atoms with van der Waals surface area (Å²) in [6, 6.07) is 6.82. The van der Waals surface area contributed by atoms with Crippen LogP contribution in [0.3, 0.4) is 0 Å². The maximum absolute atomic E-state index is 12.4. The summed E-state index contributed by atoms with van der Waals surface area (Å²) in [5.41, 5.74) is 1.00. The zero-order valence-electron chi connectivity index (χ0n) is 13.2. The van der Waals surface area contributed by atoms with Gasteiger partial charge in [0.15, 0.2) is 0 Å².